The molecular formula is C20H33N5O3. The molecule has 3 heterocycles. The highest BCUT2D eigenvalue weighted by Gasteiger charge is 2.28. The van der Waals surface area contributed by atoms with Crippen LogP contribution in [-0.4, -0.2) is 95.1 Å². The van der Waals surface area contributed by atoms with Crippen molar-refractivity contribution in [3.8, 4) is 0 Å². The number of piperidine rings is 1. The van der Waals surface area contributed by atoms with Crippen LogP contribution in [0.2, 0.25) is 0 Å². The van der Waals surface area contributed by atoms with E-state index < -0.39 is 0 Å². The van der Waals surface area contributed by atoms with Crippen LogP contribution in [0.15, 0.2) is 12.4 Å². The molecular weight excluding hydrogens is 358 g/mol. The highest BCUT2D eigenvalue weighted by atomic mass is 16.5. The molecule has 3 rings (SSSR count). The van der Waals surface area contributed by atoms with Gasteiger partial charge in [0.25, 0.3) is 0 Å². The minimum atomic E-state index is -0.279. The van der Waals surface area contributed by atoms with Crippen molar-refractivity contribution in [2.24, 2.45) is 0 Å². The van der Waals surface area contributed by atoms with Gasteiger partial charge in [-0.3, -0.25) is 14.5 Å². The van der Waals surface area contributed by atoms with E-state index in [-0.39, 0.29) is 18.4 Å². The van der Waals surface area contributed by atoms with Crippen molar-refractivity contribution >= 4 is 11.9 Å². The first-order valence-corrected chi connectivity index (χ1v) is 10.4. The molecule has 2 saturated heterocycles. The maximum absolute atomic E-state index is 12.6. The molecule has 1 amide bonds. The zero-order valence-electron chi connectivity index (χ0n) is 17.2. The quantitative estimate of drug-likeness (QED) is 0.635. The van der Waals surface area contributed by atoms with E-state index in [0.29, 0.717) is 25.5 Å². The largest absolute Gasteiger partial charge is 0.465 e. The van der Waals surface area contributed by atoms with E-state index in [1.165, 1.54) is 0 Å². The number of hydrogen-bond donors (Lipinski definition) is 0. The number of amides is 1. The number of piperazine rings is 1. The standard InChI is InChI=1S/C20H33N5O3/c1-3-28-20(27)16-25-11-8-21-18(25)4-5-19(26)24-9-6-17(7-10-24)23-14-12-22(2)13-15-23/h8,11,17H,3-7,9-10,12-16H2,1-2H3. The number of carbonyl (C=O) groups is 2. The van der Waals surface area contributed by atoms with E-state index in [1.807, 2.05) is 4.90 Å². The summed E-state index contributed by atoms with van der Waals surface area (Å²) in [5.41, 5.74) is 0. The van der Waals surface area contributed by atoms with Crippen LogP contribution in [-0.2, 0) is 27.3 Å². The molecule has 0 bridgehead atoms. The molecule has 0 aromatic carbocycles. The van der Waals surface area contributed by atoms with Crippen LogP contribution in [0.1, 0.15) is 32.0 Å². The molecule has 0 radical (unpaired) electrons. The number of aryl methyl sites for hydroxylation is 1. The number of imidazole rings is 1. The van der Waals surface area contributed by atoms with E-state index in [9.17, 15) is 9.59 Å². The lowest BCUT2D eigenvalue weighted by Gasteiger charge is -2.42. The van der Waals surface area contributed by atoms with Gasteiger partial charge in [0.1, 0.15) is 12.4 Å². The van der Waals surface area contributed by atoms with Crippen LogP contribution in [0.25, 0.3) is 0 Å². The maximum Gasteiger partial charge on any atom is 0.325 e. The summed E-state index contributed by atoms with van der Waals surface area (Å²) in [4.78, 5) is 35.6. The lowest BCUT2D eigenvalue weighted by atomic mass is 10.0. The summed E-state index contributed by atoms with van der Waals surface area (Å²) in [5, 5.41) is 0. The minimum Gasteiger partial charge on any atom is -0.465 e. The average Bonchev–Trinajstić information content (AvgIpc) is 3.14. The Labute approximate surface area is 167 Å². The molecule has 156 valence electrons. The van der Waals surface area contributed by atoms with Gasteiger partial charge in [-0.15, -0.1) is 0 Å². The smallest absolute Gasteiger partial charge is 0.325 e. The molecule has 0 spiro atoms. The van der Waals surface area contributed by atoms with Gasteiger partial charge in [-0.05, 0) is 26.8 Å². The summed E-state index contributed by atoms with van der Waals surface area (Å²) >= 11 is 0. The number of carbonyl (C=O) groups excluding carboxylic acids is 2. The van der Waals surface area contributed by atoms with E-state index in [4.69, 9.17) is 4.74 Å². The van der Waals surface area contributed by atoms with Gasteiger partial charge >= 0.3 is 5.97 Å². The number of nitrogens with zero attached hydrogens (tertiary/aromatic N) is 5. The van der Waals surface area contributed by atoms with E-state index in [1.54, 1.807) is 23.9 Å². The Morgan fingerprint density at radius 3 is 2.54 bits per heavy atom. The monoisotopic (exact) mass is 391 g/mol. The molecule has 0 unspecified atom stereocenters. The summed E-state index contributed by atoms with van der Waals surface area (Å²) in [6, 6.07) is 0.612. The van der Waals surface area contributed by atoms with Crippen molar-refractivity contribution in [1.29, 1.82) is 0 Å². The van der Waals surface area contributed by atoms with Crippen LogP contribution in [0.5, 0.6) is 0 Å². The Bertz CT molecular complexity index is 646. The molecule has 1 aromatic rings. The second-order valence-electron chi connectivity index (χ2n) is 7.73. The Balaban J connectivity index is 1.42. The average molecular weight is 392 g/mol. The summed E-state index contributed by atoms with van der Waals surface area (Å²) in [6.07, 6.45) is 6.53. The number of likely N-dealkylation sites (N-methyl/N-ethyl adjacent to an activating group) is 1. The molecule has 8 nitrogen and oxygen atoms in total. The van der Waals surface area contributed by atoms with Crippen LogP contribution in [0.3, 0.4) is 0 Å². The Hall–Kier alpha value is -1.93. The SMILES string of the molecule is CCOC(=O)Cn1ccnc1CCC(=O)N1CCC(N2CCN(C)CC2)CC1. The predicted octanol–water partition coefficient (Wildman–Crippen LogP) is 0.617. The van der Waals surface area contributed by atoms with Gasteiger partial charge in [0.15, 0.2) is 0 Å². The van der Waals surface area contributed by atoms with Gasteiger partial charge in [0, 0.05) is 70.5 Å². The third-order valence-corrected chi connectivity index (χ3v) is 5.84. The molecule has 0 atom stereocenters. The van der Waals surface area contributed by atoms with Crippen LogP contribution >= 0.6 is 0 Å². The Kier molecular flexibility index (Phi) is 7.44. The van der Waals surface area contributed by atoms with E-state index in [0.717, 1.165) is 57.9 Å². The van der Waals surface area contributed by atoms with Crippen molar-refractivity contribution in [1.82, 2.24) is 24.3 Å². The van der Waals surface area contributed by atoms with Gasteiger partial charge < -0.3 is 19.1 Å². The fraction of sp³-hybridized carbons (Fsp3) is 0.750. The normalized spacial score (nSPS) is 19.7. The van der Waals surface area contributed by atoms with Crippen LogP contribution in [0.4, 0.5) is 0 Å². The highest BCUT2D eigenvalue weighted by molar-refractivity contribution is 5.76. The minimum absolute atomic E-state index is 0.147. The molecule has 2 aliphatic heterocycles. The molecule has 28 heavy (non-hydrogen) atoms. The number of esters is 1. The fourth-order valence-electron chi connectivity index (χ4n) is 4.10. The van der Waals surface area contributed by atoms with Crippen LogP contribution in [0, 0.1) is 0 Å². The number of likely N-dealkylation sites (tertiary alicyclic amines) is 1. The Morgan fingerprint density at radius 2 is 1.86 bits per heavy atom. The van der Waals surface area contributed by atoms with Gasteiger partial charge in [-0.25, -0.2) is 4.98 Å². The van der Waals surface area contributed by atoms with Crippen molar-refractivity contribution in [3.63, 3.8) is 0 Å². The molecule has 1 aromatic heterocycles. The molecule has 2 fully saturated rings. The second kappa shape index (κ2) is 10.0. The molecule has 2 aliphatic rings. The van der Waals surface area contributed by atoms with Crippen molar-refractivity contribution in [3.05, 3.63) is 18.2 Å². The molecule has 8 heteroatoms. The number of hydrogen-bond acceptors (Lipinski definition) is 6. The molecule has 0 aliphatic carbocycles. The van der Waals surface area contributed by atoms with Crippen molar-refractivity contribution in [2.75, 3.05) is 52.9 Å². The van der Waals surface area contributed by atoms with Gasteiger partial charge in [0.05, 0.1) is 6.61 Å². The van der Waals surface area contributed by atoms with Gasteiger partial charge in [-0.2, -0.15) is 0 Å². The third-order valence-electron chi connectivity index (χ3n) is 5.84. The lowest BCUT2D eigenvalue weighted by Crippen LogP contribution is -2.53. The topological polar surface area (TPSA) is 70.9 Å². The molecule has 0 N–H and O–H groups in total. The van der Waals surface area contributed by atoms with Gasteiger partial charge in [-0.1, -0.05) is 0 Å². The third kappa shape index (κ3) is 5.54. The highest BCUT2D eigenvalue weighted by Crippen LogP contribution is 2.19. The maximum atomic E-state index is 12.6. The van der Waals surface area contributed by atoms with Crippen molar-refractivity contribution in [2.45, 2.75) is 45.2 Å². The number of aromatic nitrogens is 2. The first-order chi connectivity index (χ1) is 13.6. The second-order valence-corrected chi connectivity index (χ2v) is 7.73. The van der Waals surface area contributed by atoms with Gasteiger partial charge in [0.2, 0.25) is 5.91 Å². The molecule has 0 saturated carbocycles. The van der Waals surface area contributed by atoms with E-state index in [2.05, 4.69) is 21.8 Å². The summed E-state index contributed by atoms with van der Waals surface area (Å²) in [7, 11) is 2.18. The lowest BCUT2D eigenvalue weighted by molar-refractivity contribution is -0.143. The zero-order chi connectivity index (χ0) is 19.9. The zero-order valence-corrected chi connectivity index (χ0v) is 17.2. The number of ether oxygens (including phenoxy) is 1. The van der Waals surface area contributed by atoms with Crippen LogP contribution < -0.4 is 0 Å². The predicted molar refractivity (Wildman–Crippen MR) is 106 cm³/mol. The first-order valence-electron chi connectivity index (χ1n) is 10.4. The van der Waals surface area contributed by atoms with E-state index >= 15 is 0 Å². The van der Waals surface area contributed by atoms with Crippen molar-refractivity contribution < 1.29 is 14.3 Å². The number of rotatable bonds is 7. The summed E-state index contributed by atoms with van der Waals surface area (Å²) in [5.74, 6) is 0.662. The summed E-state index contributed by atoms with van der Waals surface area (Å²) < 4.78 is 6.76. The summed E-state index contributed by atoms with van der Waals surface area (Å²) in [6.45, 7) is 8.53. The first kappa shape index (κ1) is 20.8. The fourth-order valence-corrected chi connectivity index (χ4v) is 4.10. The Morgan fingerprint density at radius 1 is 1.14 bits per heavy atom.